The second-order valence-electron chi connectivity index (χ2n) is 2.37. The number of hydrogen-bond acceptors (Lipinski definition) is 3. The monoisotopic (exact) mass is 154 g/mol. The molecule has 1 aromatic heterocycles. The van der Waals surface area contributed by atoms with Crippen LogP contribution in [0, 0.1) is 0 Å². The summed E-state index contributed by atoms with van der Waals surface area (Å²) in [6.45, 7) is 5.15. The molecule has 1 heterocycles. The zero-order valence-corrected chi connectivity index (χ0v) is 6.82. The van der Waals surface area contributed by atoms with Crippen molar-refractivity contribution >= 4 is 0 Å². The second-order valence-corrected chi connectivity index (χ2v) is 2.37. The lowest BCUT2D eigenvalue weighted by molar-refractivity contribution is 0.549. The van der Waals surface area contributed by atoms with Crippen molar-refractivity contribution in [1.82, 2.24) is 20.1 Å². The molecule has 0 aliphatic carbocycles. The van der Waals surface area contributed by atoms with Gasteiger partial charge in [-0.25, -0.2) is 4.98 Å². The molecule has 0 unspecified atom stereocenters. The third-order valence-corrected chi connectivity index (χ3v) is 1.46. The van der Waals surface area contributed by atoms with Crippen LogP contribution in [0.4, 0.5) is 0 Å². The molecule has 0 saturated heterocycles. The summed E-state index contributed by atoms with van der Waals surface area (Å²) in [5.41, 5.74) is 0. The van der Waals surface area contributed by atoms with E-state index in [1.807, 2.05) is 4.68 Å². The highest BCUT2D eigenvalue weighted by atomic mass is 15.3. The van der Waals surface area contributed by atoms with Gasteiger partial charge in [-0.05, 0) is 19.5 Å². The lowest BCUT2D eigenvalue weighted by Gasteiger charge is -2.00. The van der Waals surface area contributed by atoms with Crippen LogP contribution in [0.3, 0.4) is 0 Å². The summed E-state index contributed by atoms with van der Waals surface area (Å²) < 4.78 is 1.84. The molecule has 0 atom stereocenters. The average molecular weight is 154 g/mol. The maximum absolute atomic E-state index is 3.99. The Morgan fingerprint density at radius 1 is 1.55 bits per heavy atom. The summed E-state index contributed by atoms with van der Waals surface area (Å²) in [7, 11) is 0. The maximum atomic E-state index is 3.99. The minimum absolute atomic E-state index is 0.951. The summed E-state index contributed by atoms with van der Waals surface area (Å²) in [4.78, 5) is 3.85. The standard InChI is InChI=1S/C7H14N4/c1-2-8-4-3-5-11-7-9-6-10-11/h6-8H,2-5H2,1H3. The molecule has 0 aliphatic heterocycles. The maximum Gasteiger partial charge on any atom is 0.137 e. The van der Waals surface area contributed by atoms with Gasteiger partial charge in [-0.2, -0.15) is 5.10 Å². The first-order valence-corrected chi connectivity index (χ1v) is 3.96. The molecule has 0 amide bonds. The fourth-order valence-electron chi connectivity index (χ4n) is 0.891. The average Bonchev–Trinajstić information content (AvgIpc) is 2.50. The Hall–Kier alpha value is -0.900. The van der Waals surface area contributed by atoms with Crippen LogP contribution in [0.1, 0.15) is 13.3 Å². The van der Waals surface area contributed by atoms with Gasteiger partial charge in [0.1, 0.15) is 12.7 Å². The van der Waals surface area contributed by atoms with Crippen LogP contribution >= 0.6 is 0 Å². The number of nitrogens with zero attached hydrogens (tertiary/aromatic N) is 3. The van der Waals surface area contributed by atoms with Crippen LogP contribution < -0.4 is 5.32 Å². The highest BCUT2D eigenvalue weighted by Gasteiger charge is 1.89. The number of rotatable bonds is 5. The van der Waals surface area contributed by atoms with Crippen molar-refractivity contribution in [3.8, 4) is 0 Å². The quantitative estimate of drug-likeness (QED) is 0.619. The van der Waals surface area contributed by atoms with Gasteiger partial charge >= 0.3 is 0 Å². The SMILES string of the molecule is CCNCCCn1cncn1. The highest BCUT2D eigenvalue weighted by molar-refractivity contribution is 4.56. The smallest absolute Gasteiger partial charge is 0.137 e. The largest absolute Gasteiger partial charge is 0.317 e. The molecule has 4 heteroatoms. The zero-order chi connectivity index (χ0) is 7.94. The first-order chi connectivity index (χ1) is 5.43. The normalized spacial score (nSPS) is 10.3. The molecular formula is C7H14N4. The highest BCUT2D eigenvalue weighted by Crippen LogP contribution is 1.84. The van der Waals surface area contributed by atoms with Crippen LogP contribution in [0.25, 0.3) is 0 Å². The molecule has 0 radical (unpaired) electrons. The van der Waals surface area contributed by atoms with Crippen LogP contribution in [-0.2, 0) is 6.54 Å². The number of aryl methyl sites for hydroxylation is 1. The van der Waals surface area contributed by atoms with Crippen molar-refractivity contribution in [2.75, 3.05) is 13.1 Å². The minimum Gasteiger partial charge on any atom is -0.317 e. The first-order valence-electron chi connectivity index (χ1n) is 3.96. The number of aromatic nitrogens is 3. The van der Waals surface area contributed by atoms with Gasteiger partial charge in [0.2, 0.25) is 0 Å². The lowest BCUT2D eigenvalue weighted by atomic mass is 10.4. The summed E-state index contributed by atoms with van der Waals surface area (Å²) in [6, 6.07) is 0. The van der Waals surface area contributed by atoms with Gasteiger partial charge in [0.25, 0.3) is 0 Å². The van der Waals surface area contributed by atoms with Crippen molar-refractivity contribution in [3.05, 3.63) is 12.7 Å². The van der Waals surface area contributed by atoms with E-state index in [-0.39, 0.29) is 0 Å². The predicted octanol–water partition coefficient (Wildman–Crippen LogP) is 0.278. The van der Waals surface area contributed by atoms with E-state index in [1.54, 1.807) is 12.7 Å². The van der Waals surface area contributed by atoms with Crippen molar-refractivity contribution < 1.29 is 0 Å². The fourth-order valence-corrected chi connectivity index (χ4v) is 0.891. The van der Waals surface area contributed by atoms with E-state index in [4.69, 9.17) is 0 Å². The second kappa shape index (κ2) is 4.85. The Balaban J connectivity index is 2.04. The number of nitrogens with one attached hydrogen (secondary N) is 1. The van der Waals surface area contributed by atoms with Gasteiger partial charge in [0, 0.05) is 6.54 Å². The lowest BCUT2D eigenvalue weighted by Crippen LogP contribution is -2.16. The zero-order valence-electron chi connectivity index (χ0n) is 6.82. The molecule has 11 heavy (non-hydrogen) atoms. The Kier molecular flexibility index (Phi) is 3.61. The van der Waals surface area contributed by atoms with E-state index < -0.39 is 0 Å². The third kappa shape index (κ3) is 3.13. The van der Waals surface area contributed by atoms with Gasteiger partial charge in [0.05, 0.1) is 0 Å². The molecule has 0 bridgehead atoms. The molecule has 0 fully saturated rings. The van der Waals surface area contributed by atoms with E-state index in [1.165, 1.54) is 0 Å². The van der Waals surface area contributed by atoms with Gasteiger partial charge in [-0.3, -0.25) is 4.68 Å². The molecule has 0 saturated carbocycles. The summed E-state index contributed by atoms with van der Waals surface area (Å²) in [5, 5.41) is 7.24. The molecule has 4 nitrogen and oxygen atoms in total. The molecule has 1 N–H and O–H groups in total. The summed E-state index contributed by atoms with van der Waals surface area (Å²) >= 11 is 0. The van der Waals surface area contributed by atoms with E-state index in [0.717, 1.165) is 26.1 Å². The Morgan fingerprint density at radius 2 is 2.45 bits per heavy atom. The van der Waals surface area contributed by atoms with E-state index in [0.29, 0.717) is 0 Å². The minimum atomic E-state index is 0.951. The molecule has 0 aromatic carbocycles. The molecule has 1 rings (SSSR count). The fraction of sp³-hybridized carbons (Fsp3) is 0.714. The van der Waals surface area contributed by atoms with Crippen molar-refractivity contribution in [2.24, 2.45) is 0 Å². The van der Waals surface area contributed by atoms with Gasteiger partial charge in [0.15, 0.2) is 0 Å². The van der Waals surface area contributed by atoms with E-state index in [9.17, 15) is 0 Å². The molecule has 0 aliphatic rings. The van der Waals surface area contributed by atoms with E-state index in [2.05, 4.69) is 22.3 Å². The Labute approximate surface area is 66.6 Å². The van der Waals surface area contributed by atoms with Crippen LogP contribution in [0.2, 0.25) is 0 Å². The van der Waals surface area contributed by atoms with Gasteiger partial charge < -0.3 is 5.32 Å². The first kappa shape index (κ1) is 8.20. The van der Waals surface area contributed by atoms with Crippen molar-refractivity contribution in [2.45, 2.75) is 19.9 Å². The molecule has 62 valence electrons. The molecule has 0 spiro atoms. The van der Waals surface area contributed by atoms with Crippen LogP contribution in [0.5, 0.6) is 0 Å². The van der Waals surface area contributed by atoms with E-state index >= 15 is 0 Å². The van der Waals surface area contributed by atoms with Gasteiger partial charge in [-0.1, -0.05) is 6.92 Å². The predicted molar refractivity (Wildman–Crippen MR) is 43.2 cm³/mol. The van der Waals surface area contributed by atoms with Crippen molar-refractivity contribution in [3.63, 3.8) is 0 Å². The van der Waals surface area contributed by atoms with Crippen molar-refractivity contribution in [1.29, 1.82) is 0 Å². The van der Waals surface area contributed by atoms with Crippen LogP contribution in [-0.4, -0.2) is 27.9 Å². The topological polar surface area (TPSA) is 42.7 Å². The van der Waals surface area contributed by atoms with Gasteiger partial charge in [-0.15, -0.1) is 0 Å². The number of hydrogen-bond donors (Lipinski definition) is 1. The molecule has 1 aromatic rings. The summed E-state index contributed by atoms with van der Waals surface area (Å²) in [6.07, 6.45) is 4.41. The summed E-state index contributed by atoms with van der Waals surface area (Å²) in [5.74, 6) is 0. The Morgan fingerprint density at radius 3 is 3.09 bits per heavy atom. The molecular weight excluding hydrogens is 140 g/mol. The third-order valence-electron chi connectivity index (χ3n) is 1.46. The Bertz CT molecular complexity index is 171. The van der Waals surface area contributed by atoms with Crippen LogP contribution in [0.15, 0.2) is 12.7 Å².